The van der Waals surface area contributed by atoms with E-state index in [4.69, 9.17) is 15.2 Å². The van der Waals surface area contributed by atoms with Gasteiger partial charge in [0.2, 0.25) is 0 Å². The van der Waals surface area contributed by atoms with Crippen molar-refractivity contribution in [3.63, 3.8) is 0 Å². The van der Waals surface area contributed by atoms with Gasteiger partial charge in [0, 0.05) is 25.5 Å². The van der Waals surface area contributed by atoms with E-state index >= 15 is 0 Å². The van der Waals surface area contributed by atoms with Crippen LogP contribution in [0.15, 0.2) is 0 Å². The standard InChI is InChI=1S/C12H23NO2S/c1-9(14-2)11(13)10-3-5-15-12(7-10)4-6-16-8-12/h9-11H,3-8,13H2,1-2H3. The maximum absolute atomic E-state index is 6.27. The van der Waals surface area contributed by atoms with E-state index in [-0.39, 0.29) is 17.7 Å². The molecule has 0 radical (unpaired) electrons. The van der Waals surface area contributed by atoms with Crippen molar-refractivity contribution in [2.75, 3.05) is 25.2 Å². The van der Waals surface area contributed by atoms with Crippen LogP contribution in [0.5, 0.6) is 0 Å². The van der Waals surface area contributed by atoms with Crippen molar-refractivity contribution < 1.29 is 9.47 Å². The zero-order chi connectivity index (χ0) is 11.6. The molecule has 2 aliphatic rings. The summed E-state index contributed by atoms with van der Waals surface area (Å²) in [5.41, 5.74) is 6.40. The van der Waals surface area contributed by atoms with Crippen LogP contribution in [0.3, 0.4) is 0 Å². The summed E-state index contributed by atoms with van der Waals surface area (Å²) >= 11 is 2.01. The van der Waals surface area contributed by atoms with Gasteiger partial charge in [-0.15, -0.1) is 0 Å². The second-order valence-electron chi connectivity index (χ2n) is 5.11. The molecular weight excluding hydrogens is 222 g/mol. The average Bonchev–Trinajstić information content (AvgIpc) is 2.75. The van der Waals surface area contributed by atoms with Gasteiger partial charge in [-0.05, 0) is 37.9 Å². The molecule has 2 saturated heterocycles. The van der Waals surface area contributed by atoms with E-state index in [1.54, 1.807) is 7.11 Å². The molecule has 2 aliphatic heterocycles. The smallest absolute Gasteiger partial charge is 0.0783 e. The summed E-state index contributed by atoms with van der Waals surface area (Å²) in [7, 11) is 1.74. The fourth-order valence-electron chi connectivity index (χ4n) is 2.80. The Morgan fingerprint density at radius 3 is 3.00 bits per heavy atom. The fraction of sp³-hybridized carbons (Fsp3) is 1.00. The molecule has 2 heterocycles. The Kier molecular flexibility index (Phi) is 4.16. The van der Waals surface area contributed by atoms with Gasteiger partial charge in [-0.2, -0.15) is 11.8 Å². The van der Waals surface area contributed by atoms with Crippen molar-refractivity contribution >= 4 is 11.8 Å². The topological polar surface area (TPSA) is 44.5 Å². The van der Waals surface area contributed by atoms with Gasteiger partial charge in [0.05, 0.1) is 11.7 Å². The number of nitrogens with two attached hydrogens (primary N) is 1. The highest BCUT2D eigenvalue weighted by Crippen LogP contribution is 2.41. The first kappa shape index (κ1) is 12.7. The minimum atomic E-state index is 0.138. The van der Waals surface area contributed by atoms with Crippen molar-refractivity contribution in [1.29, 1.82) is 0 Å². The Morgan fingerprint density at radius 1 is 1.56 bits per heavy atom. The molecule has 3 nitrogen and oxygen atoms in total. The summed E-state index contributed by atoms with van der Waals surface area (Å²) in [6.45, 7) is 2.94. The first-order chi connectivity index (χ1) is 7.67. The van der Waals surface area contributed by atoms with E-state index in [1.807, 2.05) is 11.8 Å². The van der Waals surface area contributed by atoms with E-state index in [0.29, 0.717) is 5.92 Å². The van der Waals surface area contributed by atoms with E-state index in [2.05, 4.69) is 6.92 Å². The predicted molar refractivity (Wildman–Crippen MR) is 67.8 cm³/mol. The van der Waals surface area contributed by atoms with Crippen molar-refractivity contribution in [3.05, 3.63) is 0 Å². The number of hydrogen-bond donors (Lipinski definition) is 1. The highest BCUT2D eigenvalue weighted by atomic mass is 32.2. The summed E-state index contributed by atoms with van der Waals surface area (Å²) in [6, 6.07) is 0.149. The number of ether oxygens (including phenoxy) is 2. The van der Waals surface area contributed by atoms with Crippen LogP contribution >= 0.6 is 11.8 Å². The average molecular weight is 245 g/mol. The van der Waals surface area contributed by atoms with Crippen LogP contribution in [0.4, 0.5) is 0 Å². The van der Waals surface area contributed by atoms with Crippen LogP contribution in [-0.4, -0.2) is 43.0 Å². The lowest BCUT2D eigenvalue weighted by Crippen LogP contribution is -2.49. The highest BCUT2D eigenvalue weighted by Gasteiger charge is 2.42. The zero-order valence-corrected chi connectivity index (χ0v) is 11.1. The van der Waals surface area contributed by atoms with Crippen LogP contribution in [0.1, 0.15) is 26.2 Å². The maximum Gasteiger partial charge on any atom is 0.0783 e. The number of methoxy groups -OCH3 is 1. The van der Waals surface area contributed by atoms with Gasteiger partial charge in [0.15, 0.2) is 0 Å². The third kappa shape index (κ3) is 2.55. The van der Waals surface area contributed by atoms with Crippen LogP contribution < -0.4 is 5.73 Å². The Bertz CT molecular complexity index is 231. The van der Waals surface area contributed by atoms with Gasteiger partial charge in [-0.25, -0.2) is 0 Å². The SMILES string of the molecule is COC(C)C(N)C1CCOC2(CCSC2)C1. The van der Waals surface area contributed by atoms with Crippen molar-refractivity contribution in [2.45, 2.75) is 43.9 Å². The summed E-state index contributed by atoms with van der Waals surface area (Å²) in [5, 5.41) is 0. The molecule has 4 heteroatoms. The quantitative estimate of drug-likeness (QED) is 0.821. The molecule has 0 aromatic heterocycles. The minimum absolute atomic E-state index is 0.138. The lowest BCUT2D eigenvalue weighted by atomic mass is 9.80. The van der Waals surface area contributed by atoms with Crippen LogP contribution in [0.25, 0.3) is 0 Å². The van der Waals surface area contributed by atoms with Gasteiger partial charge in [0.1, 0.15) is 0 Å². The van der Waals surface area contributed by atoms with E-state index in [0.717, 1.165) is 25.2 Å². The van der Waals surface area contributed by atoms with Crippen molar-refractivity contribution in [1.82, 2.24) is 0 Å². The largest absolute Gasteiger partial charge is 0.380 e. The number of hydrogen-bond acceptors (Lipinski definition) is 4. The number of thioether (sulfide) groups is 1. The number of rotatable bonds is 3. The van der Waals surface area contributed by atoms with Crippen LogP contribution in [0, 0.1) is 5.92 Å². The molecule has 2 rings (SSSR count). The third-order valence-corrected chi connectivity index (χ3v) is 5.28. The highest BCUT2D eigenvalue weighted by molar-refractivity contribution is 7.99. The maximum atomic E-state index is 6.27. The molecule has 1 spiro atoms. The molecule has 4 unspecified atom stereocenters. The second kappa shape index (κ2) is 5.25. The normalized spacial score (nSPS) is 38.8. The van der Waals surface area contributed by atoms with Crippen LogP contribution in [0.2, 0.25) is 0 Å². The molecule has 0 aromatic rings. The summed E-state index contributed by atoms with van der Waals surface area (Å²) < 4.78 is 11.3. The molecule has 2 N–H and O–H groups in total. The minimum Gasteiger partial charge on any atom is -0.380 e. The molecule has 0 saturated carbocycles. The van der Waals surface area contributed by atoms with Crippen molar-refractivity contribution in [3.8, 4) is 0 Å². The van der Waals surface area contributed by atoms with E-state index < -0.39 is 0 Å². The lowest BCUT2D eigenvalue weighted by molar-refractivity contribution is -0.0905. The zero-order valence-electron chi connectivity index (χ0n) is 10.3. The first-order valence-corrected chi connectivity index (χ1v) is 7.32. The fourth-order valence-corrected chi connectivity index (χ4v) is 4.18. The predicted octanol–water partition coefficient (Wildman–Crippen LogP) is 1.65. The molecule has 0 amide bonds. The molecule has 0 aliphatic carbocycles. The van der Waals surface area contributed by atoms with Gasteiger partial charge < -0.3 is 15.2 Å². The molecule has 2 fully saturated rings. The molecular formula is C12H23NO2S. The summed E-state index contributed by atoms with van der Waals surface area (Å²) in [5.74, 6) is 2.95. The second-order valence-corrected chi connectivity index (χ2v) is 6.21. The Labute approximate surface area is 102 Å². The molecule has 4 atom stereocenters. The molecule has 0 aromatic carbocycles. The Hall–Kier alpha value is 0.230. The lowest BCUT2D eigenvalue weighted by Gasteiger charge is -2.41. The van der Waals surface area contributed by atoms with Crippen molar-refractivity contribution in [2.24, 2.45) is 11.7 Å². The van der Waals surface area contributed by atoms with E-state index in [1.165, 1.54) is 12.2 Å². The molecule has 16 heavy (non-hydrogen) atoms. The summed E-state index contributed by atoms with van der Waals surface area (Å²) in [4.78, 5) is 0. The summed E-state index contributed by atoms with van der Waals surface area (Å²) in [6.07, 6.45) is 3.55. The molecule has 0 bridgehead atoms. The Morgan fingerprint density at radius 2 is 2.38 bits per heavy atom. The van der Waals surface area contributed by atoms with Crippen LogP contribution in [-0.2, 0) is 9.47 Å². The first-order valence-electron chi connectivity index (χ1n) is 6.17. The third-order valence-electron chi connectivity index (χ3n) is 4.06. The van der Waals surface area contributed by atoms with Gasteiger partial charge in [-0.1, -0.05) is 0 Å². The Balaban J connectivity index is 1.95. The van der Waals surface area contributed by atoms with E-state index in [9.17, 15) is 0 Å². The monoisotopic (exact) mass is 245 g/mol. The molecule has 94 valence electrons. The van der Waals surface area contributed by atoms with Gasteiger partial charge in [-0.3, -0.25) is 0 Å². The van der Waals surface area contributed by atoms with Gasteiger partial charge in [0.25, 0.3) is 0 Å². The van der Waals surface area contributed by atoms with Gasteiger partial charge >= 0.3 is 0 Å².